The van der Waals surface area contributed by atoms with Crippen LogP contribution in [0.25, 0.3) is 11.4 Å². The van der Waals surface area contributed by atoms with Crippen LogP contribution in [0, 0.1) is 6.92 Å². The van der Waals surface area contributed by atoms with Gasteiger partial charge in [0.2, 0.25) is 5.91 Å². The van der Waals surface area contributed by atoms with E-state index in [0.29, 0.717) is 5.75 Å². The van der Waals surface area contributed by atoms with E-state index in [0.717, 1.165) is 40.6 Å². The summed E-state index contributed by atoms with van der Waals surface area (Å²) in [6.45, 7) is 9.03. The van der Waals surface area contributed by atoms with Crippen LogP contribution in [0.1, 0.15) is 43.5 Å². The minimum Gasteiger partial charge on any atom is -0.349 e. The first-order valence-electron chi connectivity index (χ1n) is 10.0. The number of thioether (sulfide) groups is 1. The van der Waals surface area contributed by atoms with Gasteiger partial charge in [-0.3, -0.25) is 4.79 Å². The molecule has 3 aromatic rings. The van der Waals surface area contributed by atoms with Gasteiger partial charge < -0.3 is 9.88 Å². The monoisotopic (exact) mass is 408 g/mol. The van der Waals surface area contributed by atoms with Crippen molar-refractivity contribution in [3.63, 3.8) is 0 Å². The van der Waals surface area contributed by atoms with Crippen molar-refractivity contribution in [2.45, 2.75) is 51.9 Å². The van der Waals surface area contributed by atoms with E-state index in [1.165, 1.54) is 17.3 Å². The minimum absolute atomic E-state index is 0.00911. The fourth-order valence-corrected chi connectivity index (χ4v) is 4.06. The number of carbonyl (C=O) groups excluding carboxylic acids is 1. The second-order valence-electron chi connectivity index (χ2n) is 7.04. The van der Waals surface area contributed by atoms with Crippen molar-refractivity contribution in [3.8, 4) is 11.4 Å². The van der Waals surface area contributed by atoms with Gasteiger partial charge in [0.25, 0.3) is 0 Å². The van der Waals surface area contributed by atoms with Crippen molar-refractivity contribution in [2.24, 2.45) is 0 Å². The molecule has 0 spiro atoms. The molecule has 0 aliphatic carbocycles. The zero-order valence-electron chi connectivity index (χ0n) is 17.5. The van der Waals surface area contributed by atoms with Crippen LogP contribution in [0.2, 0.25) is 0 Å². The first-order chi connectivity index (χ1) is 14.0. The number of hydrogen-bond donors (Lipinski definition) is 1. The second-order valence-corrected chi connectivity index (χ2v) is 7.98. The Hall–Kier alpha value is -2.60. The lowest BCUT2D eigenvalue weighted by atomic mass is 10.1. The third kappa shape index (κ3) is 5.07. The highest BCUT2D eigenvalue weighted by molar-refractivity contribution is 7.99. The Labute approximate surface area is 176 Å². The summed E-state index contributed by atoms with van der Waals surface area (Å²) in [5, 5.41) is 12.5. The van der Waals surface area contributed by atoms with Crippen LogP contribution in [0.15, 0.2) is 53.7 Å². The van der Waals surface area contributed by atoms with Crippen molar-refractivity contribution in [1.82, 2.24) is 20.1 Å². The first-order valence-corrected chi connectivity index (χ1v) is 11.0. The van der Waals surface area contributed by atoms with Crippen LogP contribution in [0.3, 0.4) is 0 Å². The summed E-state index contributed by atoms with van der Waals surface area (Å²) in [6, 6.07) is 16.5. The molecule has 5 nitrogen and oxygen atoms in total. The Morgan fingerprint density at radius 3 is 2.48 bits per heavy atom. The molecular formula is C23H28N4OS. The van der Waals surface area contributed by atoms with Crippen molar-refractivity contribution in [1.29, 1.82) is 0 Å². The molecule has 0 aliphatic heterocycles. The largest absolute Gasteiger partial charge is 0.349 e. The normalized spacial score (nSPS) is 12.0. The zero-order chi connectivity index (χ0) is 20.8. The van der Waals surface area contributed by atoms with Gasteiger partial charge in [0.1, 0.15) is 0 Å². The van der Waals surface area contributed by atoms with Gasteiger partial charge >= 0.3 is 0 Å². The quantitative estimate of drug-likeness (QED) is 0.544. The van der Waals surface area contributed by atoms with E-state index < -0.39 is 0 Å². The highest BCUT2D eigenvalue weighted by Gasteiger charge is 2.16. The number of nitrogens with zero attached hydrogens (tertiary/aromatic N) is 3. The summed E-state index contributed by atoms with van der Waals surface area (Å²) in [4.78, 5) is 12.5. The lowest BCUT2D eigenvalue weighted by molar-refractivity contribution is -0.119. The molecule has 2 aromatic carbocycles. The fraction of sp³-hybridized carbons (Fsp3) is 0.348. The molecule has 3 rings (SSSR count). The summed E-state index contributed by atoms with van der Waals surface area (Å²) in [5.41, 5.74) is 4.64. The Morgan fingerprint density at radius 1 is 1.10 bits per heavy atom. The molecule has 0 fully saturated rings. The van der Waals surface area contributed by atoms with Crippen molar-refractivity contribution in [2.75, 3.05) is 5.75 Å². The highest BCUT2D eigenvalue weighted by atomic mass is 32.2. The van der Waals surface area contributed by atoms with Gasteiger partial charge in [-0.05, 0) is 43.9 Å². The third-order valence-corrected chi connectivity index (χ3v) is 5.98. The van der Waals surface area contributed by atoms with E-state index in [4.69, 9.17) is 0 Å². The van der Waals surface area contributed by atoms with Crippen LogP contribution < -0.4 is 5.32 Å². The van der Waals surface area contributed by atoms with Crippen LogP contribution in [-0.2, 0) is 17.8 Å². The fourth-order valence-electron chi connectivity index (χ4n) is 3.24. The van der Waals surface area contributed by atoms with Gasteiger partial charge in [0.15, 0.2) is 11.0 Å². The van der Waals surface area contributed by atoms with Crippen LogP contribution in [-0.4, -0.2) is 26.4 Å². The second kappa shape index (κ2) is 9.74. The maximum atomic E-state index is 12.5. The van der Waals surface area contributed by atoms with Crippen LogP contribution in [0.4, 0.5) is 0 Å². The SMILES string of the molecule is CCc1ccc([C@@H](C)NC(=O)CSc2nnc(-c3ccccc3C)n2CC)cc1. The highest BCUT2D eigenvalue weighted by Crippen LogP contribution is 2.26. The Bertz CT molecular complexity index is 965. The number of carbonyl (C=O) groups is 1. The molecule has 1 amide bonds. The molecule has 1 heterocycles. The number of aryl methyl sites for hydroxylation is 2. The third-order valence-electron chi connectivity index (χ3n) is 5.02. The molecule has 1 N–H and O–H groups in total. The van der Waals surface area contributed by atoms with Crippen LogP contribution >= 0.6 is 11.8 Å². The predicted molar refractivity (Wildman–Crippen MR) is 119 cm³/mol. The lowest BCUT2D eigenvalue weighted by Gasteiger charge is -2.15. The molecular weight excluding hydrogens is 380 g/mol. The van der Waals surface area contributed by atoms with Gasteiger partial charge in [0.05, 0.1) is 11.8 Å². The standard InChI is InChI=1S/C23H28N4OS/c1-5-18-11-13-19(14-12-18)17(4)24-21(28)15-29-23-26-25-22(27(23)6-2)20-10-8-7-9-16(20)3/h7-14,17H,5-6,15H2,1-4H3,(H,24,28)/t17-/m1/s1. The molecule has 1 aromatic heterocycles. The van der Waals surface area contributed by atoms with Crippen molar-refractivity contribution < 1.29 is 4.79 Å². The number of benzene rings is 2. The Balaban J connectivity index is 1.63. The average Bonchev–Trinajstić information content (AvgIpc) is 3.15. The average molecular weight is 409 g/mol. The molecule has 0 unspecified atom stereocenters. The van der Waals surface area contributed by atoms with E-state index in [9.17, 15) is 4.79 Å². The van der Waals surface area contributed by atoms with Gasteiger partial charge in [-0.2, -0.15) is 0 Å². The molecule has 0 aliphatic rings. The molecule has 0 radical (unpaired) electrons. The van der Waals surface area contributed by atoms with Gasteiger partial charge in [-0.1, -0.05) is 67.2 Å². The number of rotatable bonds is 8. The van der Waals surface area contributed by atoms with E-state index in [-0.39, 0.29) is 11.9 Å². The van der Waals surface area contributed by atoms with Gasteiger partial charge in [0, 0.05) is 12.1 Å². The molecule has 0 bridgehead atoms. The van der Waals surface area contributed by atoms with E-state index in [1.54, 1.807) is 0 Å². The molecule has 6 heteroatoms. The van der Waals surface area contributed by atoms with Gasteiger partial charge in [-0.25, -0.2) is 0 Å². The Kier molecular flexibility index (Phi) is 7.09. The first kappa shape index (κ1) is 21.1. The van der Waals surface area contributed by atoms with E-state index >= 15 is 0 Å². The zero-order valence-corrected chi connectivity index (χ0v) is 18.3. The molecule has 0 saturated carbocycles. The number of aromatic nitrogens is 3. The maximum Gasteiger partial charge on any atom is 0.230 e. The summed E-state index contributed by atoms with van der Waals surface area (Å²) < 4.78 is 2.06. The van der Waals surface area contributed by atoms with Gasteiger partial charge in [-0.15, -0.1) is 10.2 Å². The van der Waals surface area contributed by atoms with Crippen molar-refractivity contribution >= 4 is 17.7 Å². The summed E-state index contributed by atoms with van der Waals surface area (Å²) in [6.07, 6.45) is 1.01. The summed E-state index contributed by atoms with van der Waals surface area (Å²) in [7, 11) is 0. The molecule has 1 atom stereocenters. The Morgan fingerprint density at radius 2 is 1.83 bits per heavy atom. The number of nitrogens with one attached hydrogen (secondary N) is 1. The molecule has 152 valence electrons. The lowest BCUT2D eigenvalue weighted by Crippen LogP contribution is -2.28. The number of hydrogen-bond acceptors (Lipinski definition) is 4. The van der Waals surface area contributed by atoms with Crippen LogP contribution in [0.5, 0.6) is 0 Å². The predicted octanol–water partition coefficient (Wildman–Crippen LogP) is 4.81. The topological polar surface area (TPSA) is 59.8 Å². The van der Waals surface area contributed by atoms with E-state index in [2.05, 4.69) is 77.3 Å². The minimum atomic E-state index is -0.0272. The number of amides is 1. The molecule has 29 heavy (non-hydrogen) atoms. The smallest absolute Gasteiger partial charge is 0.230 e. The summed E-state index contributed by atoms with van der Waals surface area (Å²) >= 11 is 1.42. The van der Waals surface area contributed by atoms with E-state index in [1.807, 2.05) is 19.1 Å². The maximum absolute atomic E-state index is 12.5. The summed E-state index contributed by atoms with van der Waals surface area (Å²) in [5.74, 6) is 1.14. The molecule has 0 saturated heterocycles. The van der Waals surface area contributed by atoms with Crippen molar-refractivity contribution in [3.05, 3.63) is 65.2 Å².